The van der Waals surface area contributed by atoms with E-state index in [1.807, 2.05) is 18.4 Å². The van der Waals surface area contributed by atoms with Gasteiger partial charge in [0.2, 0.25) is 0 Å². The lowest BCUT2D eigenvalue weighted by atomic mass is 10.3. The topological polar surface area (TPSA) is 26.3 Å². The second-order valence-electron chi connectivity index (χ2n) is 2.76. The molecule has 0 aliphatic rings. The fourth-order valence-electron chi connectivity index (χ4n) is 0.845. The largest absolute Gasteiger partial charge is 0.412 e. The molecule has 2 nitrogen and oxygen atoms in total. The summed E-state index contributed by atoms with van der Waals surface area (Å²) in [5, 5.41) is 2.61. The van der Waals surface area contributed by atoms with Gasteiger partial charge in [-0.2, -0.15) is 0 Å². The molecule has 1 aromatic rings. The zero-order chi connectivity index (χ0) is 9.84. The van der Waals surface area contributed by atoms with Crippen molar-refractivity contribution in [1.29, 1.82) is 0 Å². The molecular formula is C10H12O2S. The van der Waals surface area contributed by atoms with Gasteiger partial charge < -0.3 is 4.74 Å². The van der Waals surface area contributed by atoms with E-state index in [9.17, 15) is 4.79 Å². The first-order chi connectivity index (χ1) is 6.15. The summed E-state index contributed by atoms with van der Waals surface area (Å²) in [6.07, 6.45) is 0.877. The third-order valence-corrected chi connectivity index (χ3v) is 2.45. The molecule has 0 aliphatic heterocycles. The third kappa shape index (κ3) is 2.42. The molecule has 1 rings (SSSR count). The fourth-order valence-corrected chi connectivity index (χ4v) is 1.69. The monoisotopic (exact) mass is 196 g/mol. The van der Waals surface area contributed by atoms with Crippen LogP contribution in [0.2, 0.25) is 0 Å². The summed E-state index contributed by atoms with van der Waals surface area (Å²) in [5.74, 6) is -0.350. The molecule has 0 spiro atoms. The van der Waals surface area contributed by atoms with Gasteiger partial charge in [-0.1, -0.05) is 13.5 Å². The highest BCUT2D eigenvalue weighted by Gasteiger charge is 2.09. The lowest BCUT2D eigenvalue weighted by Gasteiger charge is -2.02. The number of ether oxygens (including phenoxy) is 1. The van der Waals surface area contributed by atoms with Crippen LogP contribution in [-0.2, 0) is 11.2 Å². The molecule has 0 N–H and O–H groups in total. The van der Waals surface area contributed by atoms with Gasteiger partial charge in [0.05, 0.1) is 0 Å². The average Bonchev–Trinajstić information content (AvgIpc) is 2.51. The van der Waals surface area contributed by atoms with Gasteiger partial charge in [-0.05, 0) is 24.8 Å². The molecule has 0 bridgehead atoms. The van der Waals surface area contributed by atoms with Crippen molar-refractivity contribution in [3.8, 4) is 5.06 Å². The average molecular weight is 196 g/mol. The van der Waals surface area contributed by atoms with E-state index in [1.165, 1.54) is 11.3 Å². The van der Waals surface area contributed by atoms with Crippen LogP contribution < -0.4 is 4.74 Å². The standard InChI is InChI=1S/C10H12O2S/c1-4-8-5-6-13-10(8)12-9(11)7(2)3/h5-6H,2,4H2,1,3H3. The minimum Gasteiger partial charge on any atom is -0.412 e. The molecule has 13 heavy (non-hydrogen) atoms. The second kappa shape index (κ2) is 4.23. The van der Waals surface area contributed by atoms with Crippen LogP contribution in [0.3, 0.4) is 0 Å². The lowest BCUT2D eigenvalue weighted by molar-refractivity contribution is -0.129. The number of carbonyl (C=O) groups excluding carboxylic acids is 1. The third-order valence-electron chi connectivity index (χ3n) is 1.62. The maximum atomic E-state index is 11.2. The molecule has 1 aromatic heterocycles. The highest BCUT2D eigenvalue weighted by molar-refractivity contribution is 7.12. The summed E-state index contributed by atoms with van der Waals surface area (Å²) < 4.78 is 5.12. The second-order valence-corrected chi connectivity index (χ2v) is 3.64. The molecule has 1 heterocycles. The van der Waals surface area contributed by atoms with E-state index >= 15 is 0 Å². The number of aryl methyl sites for hydroxylation is 1. The van der Waals surface area contributed by atoms with Crippen LogP contribution in [0, 0.1) is 0 Å². The zero-order valence-electron chi connectivity index (χ0n) is 7.79. The molecule has 0 saturated heterocycles. The van der Waals surface area contributed by atoms with Crippen LogP contribution in [-0.4, -0.2) is 5.97 Å². The number of rotatable bonds is 3. The predicted octanol–water partition coefficient (Wildman–Crippen LogP) is 2.79. The lowest BCUT2D eigenvalue weighted by Crippen LogP contribution is -2.08. The van der Waals surface area contributed by atoms with Gasteiger partial charge in [0, 0.05) is 11.1 Å². The SMILES string of the molecule is C=C(C)C(=O)Oc1sccc1CC. The first kappa shape index (κ1) is 9.99. The first-order valence-corrected chi connectivity index (χ1v) is 4.97. The number of hydrogen-bond donors (Lipinski definition) is 0. The number of carbonyl (C=O) groups is 1. The van der Waals surface area contributed by atoms with Gasteiger partial charge in [-0.15, -0.1) is 11.3 Å². The molecule has 0 saturated carbocycles. The van der Waals surface area contributed by atoms with Gasteiger partial charge in [-0.25, -0.2) is 4.79 Å². The number of hydrogen-bond acceptors (Lipinski definition) is 3. The van der Waals surface area contributed by atoms with E-state index in [0.29, 0.717) is 10.6 Å². The van der Waals surface area contributed by atoms with Crippen molar-refractivity contribution in [2.24, 2.45) is 0 Å². The summed E-state index contributed by atoms with van der Waals surface area (Å²) in [6.45, 7) is 7.19. The van der Waals surface area contributed by atoms with Crippen molar-refractivity contribution in [3.63, 3.8) is 0 Å². The molecule has 70 valence electrons. The van der Waals surface area contributed by atoms with Gasteiger partial charge in [0.25, 0.3) is 0 Å². The molecule has 0 aromatic carbocycles. The molecule has 0 unspecified atom stereocenters. The van der Waals surface area contributed by atoms with Crippen LogP contribution in [0.1, 0.15) is 19.4 Å². The number of thiophene rings is 1. The van der Waals surface area contributed by atoms with Crippen LogP contribution in [0.5, 0.6) is 5.06 Å². The highest BCUT2D eigenvalue weighted by atomic mass is 32.1. The van der Waals surface area contributed by atoms with Crippen LogP contribution in [0.4, 0.5) is 0 Å². The predicted molar refractivity (Wildman–Crippen MR) is 54.1 cm³/mol. The number of esters is 1. The summed E-state index contributed by atoms with van der Waals surface area (Å²) in [5.41, 5.74) is 1.50. The van der Waals surface area contributed by atoms with Gasteiger partial charge >= 0.3 is 5.97 Å². The Balaban J connectivity index is 2.74. The summed E-state index contributed by atoms with van der Waals surface area (Å²) >= 11 is 1.44. The summed E-state index contributed by atoms with van der Waals surface area (Å²) in [6, 6.07) is 1.96. The van der Waals surface area contributed by atoms with E-state index < -0.39 is 0 Å². The Morgan fingerprint density at radius 2 is 2.38 bits per heavy atom. The molecule has 0 atom stereocenters. The summed E-state index contributed by atoms with van der Waals surface area (Å²) in [7, 11) is 0. The van der Waals surface area contributed by atoms with E-state index in [0.717, 1.165) is 12.0 Å². The molecular weight excluding hydrogens is 184 g/mol. The van der Waals surface area contributed by atoms with Crippen molar-refractivity contribution in [3.05, 3.63) is 29.2 Å². The first-order valence-electron chi connectivity index (χ1n) is 4.09. The van der Waals surface area contributed by atoms with E-state index in [2.05, 4.69) is 6.58 Å². The van der Waals surface area contributed by atoms with Crippen molar-refractivity contribution in [1.82, 2.24) is 0 Å². The quantitative estimate of drug-likeness (QED) is 0.549. The Hall–Kier alpha value is -1.09. The maximum absolute atomic E-state index is 11.2. The van der Waals surface area contributed by atoms with Gasteiger partial charge in [0.15, 0.2) is 5.06 Å². The fraction of sp³-hybridized carbons (Fsp3) is 0.300. The van der Waals surface area contributed by atoms with Gasteiger partial charge in [0.1, 0.15) is 0 Å². The molecule has 0 amide bonds. The van der Waals surface area contributed by atoms with Crippen molar-refractivity contribution in [2.75, 3.05) is 0 Å². The van der Waals surface area contributed by atoms with E-state index in [4.69, 9.17) is 4.74 Å². The van der Waals surface area contributed by atoms with Crippen molar-refractivity contribution < 1.29 is 9.53 Å². The Morgan fingerprint density at radius 3 is 2.92 bits per heavy atom. The van der Waals surface area contributed by atoms with E-state index in [-0.39, 0.29) is 5.97 Å². The Morgan fingerprint density at radius 1 is 1.69 bits per heavy atom. The Bertz CT molecular complexity index is 325. The Labute approximate surface area is 81.8 Å². The Kier molecular flexibility index (Phi) is 3.25. The minimum atomic E-state index is -0.350. The molecule has 3 heteroatoms. The van der Waals surface area contributed by atoms with Crippen LogP contribution >= 0.6 is 11.3 Å². The molecule has 0 aliphatic carbocycles. The minimum absolute atomic E-state index is 0.350. The normalized spacial score (nSPS) is 9.69. The summed E-state index contributed by atoms with van der Waals surface area (Å²) in [4.78, 5) is 11.2. The molecule has 0 radical (unpaired) electrons. The smallest absolute Gasteiger partial charge is 0.339 e. The van der Waals surface area contributed by atoms with E-state index in [1.54, 1.807) is 6.92 Å². The van der Waals surface area contributed by atoms with Gasteiger partial charge in [-0.3, -0.25) is 0 Å². The van der Waals surface area contributed by atoms with Crippen molar-refractivity contribution in [2.45, 2.75) is 20.3 Å². The van der Waals surface area contributed by atoms with Crippen molar-refractivity contribution >= 4 is 17.3 Å². The highest BCUT2D eigenvalue weighted by Crippen LogP contribution is 2.26. The zero-order valence-corrected chi connectivity index (χ0v) is 8.61. The molecule has 0 fully saturated rings. The van der Waals surface area contributed by atoms with Crippen LogP contribution in [0.15, 0.2) is 23.6 Å². The maximum Gasteiger partial charge on any atom is 0.339 e. The van der Waals surface area contributed by atoms with Crippen LogP contribution in [0.25, 0.3) is 0 Å².